The highest BCUT2D eigenvalue weighted by molar-refractivity contribution is 5.87. The smallest absolute Gasteiger partial charge is 0.244 e. The maximum atomic E-state index is 12.3. The summed E-state index contributed by atoms with van der Waals surface area (Å²) >= 11 is 0. The van der Waals surface area contributed by atoms with E-state index in [4.69, 9.17) is 0 Å². The first-order chi connectivity index (χ1) is 12.2. The van der Waals surface area contributed by atoms with Crippen LogP contribution in [0, 0.1) is 18.3 Å². The Morgan fingerprint density at radius 3 is 2.65 bits per heavy atom. The molecule has 26 heavy (non-hydrogen) atoms. The van der Waals surface area contributed by atoms with Gasteiger partial charge in [-0.25, -0.2) is 4.68 Å². The number of hydrogen-bond donors (Lipinski definition) is 1. The van der Waals surface area contributed by atoms with Crippen LogP contribution in [0.25, 0.3) is 5.69 Å². The third kappa shape index (κ3) is 4.06. The molecular formula is C22H29N3O. The first-order valence-corrected chi connectivity index (χ1v) is 9.38. The predicted molar refractivity (Wildman–Crippen MR) is 105 cm³/mol. The number of allylic oxidation sites excluding steroid dienone is 1. The van der Waals surface area contributed by atoms with Crippen molar-refractivity contribution < 1.29 is 4.79 Å². The van der Waals surface area contributed by atoms with E-state index < -0.39 is 0 Å². The Morgan fingerprint density at radius 2 is 2.00 bits per heavy atom. The van der Waals surface area contributed by atoms with E-state index in [1.54, 1.807) is 6.08 Å². The molecule has 2 aromatic rings. The van der Waals surface area contributed by atoms with Crippen molar-refractivity contribution in [3.05, 3.63) is 59.4 Å². The van der Waals surface area contributed by atoms with E-state index in [9.17, 15) is 4.79 Å². The molecule has 0 spiro atoms. The molecule has 138 valence electrons. The number of aryl methyl sites for hydroxylation is 1. The van der Waals surface area contributed by atoms with Crippen LogP contribution in [-0.2, 0) is 11.2 Å². The van der Waals surface area contributed by atoms with Crippen LogP contribution in [0.15, 0.2) is 42.6 Å². The predicted octanol–water partition coefficient (Wildman–Crippen LogP) is 4.52. The van der Waals surface area contributed by atoms with Crippen molar-refractivity contribution in [2.75, 3.05) is 0 Å². The molecule has 1 heterocycles. The Hall–Kier alpha value is -2.36. The van der Waals surface area contributed by atoms with Gasteiger partial charge in [-0.3, -0.25) is 4.79 Å². The molecule has 0 radical (unpaired) electrons. The lowest BCUT2D eigenvalue weighted by Crippen LogP contribution is -2.36. The van der Waals surface area contributed by atoms with E-state index in [1.807, 2.05) is 17.0 Å². The monoisotopic (exact) mass is 351 g/mol. The highest BCUT2D eigenvalue weighted by Crippen LogP contribution is 2.41. The Bertz CT molecular complexity index is 812. The summed E-state index contributed by atoms with van der Waals surface area (Å²) in [5.41, 5.74) is 4.74. The molecule has 1 aliphatic rings. The molecule has 0 bridgehead atoms. The van der Waals surface area contributed by atoms with Crippen LogP contribution >= 0.6 is 0 Å². The second-order valence-electron chi connectivity index (χ2n) is 8.50. The van der Waals surface area contributed by atoms with Gasteiger partial charge in [-0.2, -0.15) is 5.10 Å². The lowest BCUT2D eigenvalue weighted by molar-refractivity contribution is -0.117. The van der Waals surface area contributed by atoms with Crippen molar-refractivity contribution in [1.82, 2.24) is 15.1 Å². The van der Waals surface area contributed by atoms with E-state index in [1.165, 1.54) is 11.3 Å². The molecule has 1 aliphatic carbocycles. The zero-order valence-electron chi connectivity index (χ0n) is 16.4. The number of carbonyl (C=O) groups is 1. The summed E-state index contributed by atoms with van der Waals surface area (Å²) in [5.74, 6) is 0.332. The fourth-order valence-corrected chi connectivity index (χ4v) is 3.58. The van der Waals surface area contributed by atoms with Gasteiger partial charge >= 0.3 is 0 Å². The molecule has 1 amide bonds. The Labute approximate surface area is 156 Å². The molecule has 4 nitrogen and oxygen atoms in total. The fraction of sp³-hybridized carbons (Fsp3) is 0.455. The first kappa shape index (κ1) is 18.4. The Morgan fingerprint density at radius 1 is 1.31 bits per heavy atom. The van der Waals surface area contributed by atoms with Gasteiger partial charge in [0.2, 0.25) is 5.91 Å². The second-order valence-corrected chi connectivity index (χ2v) is 8.50. The standard InChI is InChI=1S/C22H29N3O/c1-15(2)6-11-21(26)24-19-12-22(4,5)13-20-18(19)14-23-25(20)17-9-7-16(3)8-10-17/h6-11,14-15,19H,12-13H2,1-5H3,(H,24,26)/b11-6+/t19-/m0/s1. The van der Waals surface area contributed by atoms with Crippen LogP contribution < -0.4 is 5.32 Å². The molecule has 4 heteroatoms. The fourth-order valence-electron chi connectivity index (χ4n) is 3.58. The minimum absolute atomic E-state index is 0.00254. The van der Waals surface area contributed by atoms with E-state index in [-0.39, 0.29) is 17.4 Å². The molecule has 0 fully saturated rings. The summed E-state index contributed by atoms with van der Waals surface area (Å²) in [6.45, 7) is 10.7. The van der Waals surface area contributed by atoms with Crippen LogP contribution in [0.3, 0.4) is 0 Å². The topological polar surface area (TPSA) is 46.9 Å². The maximum Gasteiger partial charge on any atom is 0.244 e. The van der Waals surface area contributed by atoms with Crippen molar-refractivity contribution in [3.8, 4) is 5.69 Å². The van der Waals surface area contributed by atoms with Gasteiger partial charge in [0.05, 0.1) is 23.6 Å². The molecule has 1 aromatic heterocycles. The minimum atomic E-state index is -0.0320. The third-order valence-corrected chi connectivity index (χ3v) is 4.91. The average Bonchev–Trinajstić information content (AvgIpc) is 2.96. The van der Waals surface area contributed by atoms with Crippen LogP contribution in [0.4, 0.5) is 0 Å². The van der Waals surface area contributed by atoms with Gasteiger partial charge < -0.3 is 5.32 Å². The molecule has 0 saturated heterocycles. The van der Waals surface area contributed by atoms with E-state index >= 15 is 0 Å². The second kappa shape index (κ2) is 7.10. The summed E-state index contributed by atoms with van der Waals surface area (Å²) < 4.78 is 2.03. The molecule has 1 atom stereocenters. The lowest BCUT2D eigenvalue weighted by Gasteiger charge is -2.35. The number of carbonyl (C=O) groups excluding carboxylic acids is 1. The first-order valence-electron chi connectivity index (χ1n) is 9.38. The SMILES string of the molecule is Cc1ccc(-n2ncc3c2CC(C)(C)C[C@@H]3NC(=O)/C=C/C(C)C)cc1. The van der Waals surface area contributed by atoms with Crippen LogP contribution in [0.2, 0.25) is 0 Å². The van der Waals surface area contributed by atoms with Gasteiger partial charge in [-0.1, -0.05) is 51.5 Å². The number of hydrogen-bond acceptors (Lipinski definition) is 2. The number of nitrogens with zero attached hydrogens (tertiary/aromatic N) is 2. The normalized spacial score (nSPS) is 18.9. The number of rotatable bonds is 4. The van der Waals surface area contributed by atoms with E-state index in [2.05, 4.69) is 69.3 Å². The summed E-state index contributed by atoms with van der Waals surface area (Å²) in [4.78, 5) is 12.3. The molecular weight excluding hydrogens is 322 g/mol. The van der Waals surface area contributed by atoms with Gasteiger partial charge in [0.15, 0.2) is 0 Å². The zero-order chi connectivity index (χ0) is 18.9. The number of aromatic nitrogens is 2. The molecule has 1 aromatic carbocycles. The van der Waals surface area contributed by atoms with Crippen molar-refractivity contribution in [2.24, 2.45) is 11.3 Å². The van der Waals surface area contributed by atoms with E-state index in [0.717, 1.165) is 24.1 Å². The van der Waals surface area contributed by atoms with Crippen molar-refractivity contribution in [2.45, 2.75) is 53.5 Å². The summed E-state index contributed by atoms with van der Waals surface area (Å²) in [6.07, 6.45) is 7.36. The largest absolute Gasteiger partial charge is 0.346 e. The quantitative estimate of drug-likeness (QED) is 0.823. The lowest BCUT2D eigenvalue weighted by atomic mass is 9.74. The number of benzene rings is 1. The summed E-state index contributed by atoms with van der Waals surface area (Å²) in [7, 11) is 0. The number of nitrogens with one attached hydrogen (secondary N) is 1. The summed E-state index contributed by atoms with van der Waals surface area (Å²) in [5, 5.41) is 7.82. The maximum absolute atomic E-state index is 12.3. The molecule has 0 unspecified atom stereocenters. The Kier molecular flexibility index (Phi) is 5.03. The summed E-state index contributed by atoms with van der Waals surface area (Å²) in [6, 6.07) is 8.41. The number of amides is 1. The highest BCUT2D eigenvalue weighted by atomic mass is 16.1. The molecule has 1 N–H and O–H groups in total. The average molecular weight is 351 g/mol. The Balaban J connectivity index is 1.92. The molecule has 0 aliphatic heterocycles. The van der Waals surface area contributed by atoms with Crippen LogP contribution in [0.1, 0.15) is 57.0 Å². The van der Waals surface area contributed by atoms with Crippen molar-refractivity contribution >= 4 is 5.91 Å². The minimum Gasteiger partial charge on any atom is -0.346 e. The van der Waals surface area contributed by atoms with Crippen molar-refractivity contribution in [1.29, 1.82) is 0 Å². The molecule has 3 rings (SSSR count). The van der Waals surface area contributed by atoms with Gasteiger partial charge in [0.1, 0.15) is 0 Å². The molecule has 0 saturated carbocycles. The number of fused-ring (bicyclic) bond motifs is 1. The van der Waals surface area contributed by atoms with Gasteiger partial charge in [-0.05, 0) is 49.3 Å². The zero-order valence-corrected chi connectivity index (χ0v) is 16.4. The van der Waals surface area contributed by atoms with Gasteiger partial charge in [0.25, 0.3) is 0 Å². The van der Waals surface area contributed by atoms with Crippen molar-refractivity contribution in [3.63, 3.8) is 0 Å². The van der Waals surface area contributed by atoms with Gasteiger partial charge in [0, 0.05) is 5.56 Å². The third-order valence-electron chi connectivity index (χ3n) is 4.91. The van der Waals surface area contributed by atoms with Crippen LogP contribution in [0.5, 0.6) is 0 Å². The van der Waals surface area contributed by atoms with Crippen LogP contribution in [-0.4, -0.2) is 15.7 Å². The highest BCUT2D eigenvalue weighted by Gasteiger charge is 2.35. The van der Waals surface area contributed by atoms with E-state index in [0.29, 0.717) is 5.92 Å². The van der Waals surface area contributed by atoms with Gasteiger partial charge in [-0.15, -0.1) is 0 Å².